The summed E-state index contributed by atoms with van der Waals surface area (Å²) in [7, 11) is 1.57. The zero-order valence-electron chi connectivity index (χ0n) is 21.2. The van der Waals surface area contributed by atoms with E-state index in [0.29, 0.717) is 17.1 Å². The molecule has 3 amide bonds. The predicted molar refractivity (Wildman–Crippen MR) is 139 cm³/mol. The van der Waals surface area contributed by atoms with Crippen LogP contribution < -0.4 is 15.4 Å². The number of aryl methyl sites for hydroxylation is 1. The van der Waals surface area contributed by atoms with Crippen LogP contribution in [0.1, 0.15) is 39.0 Å². The molecule has 9 nitrogen and oxygen atoms in total. The summed E-state index contributed by atoms with van der Waals surface area (Å²) in [6.45, 7) is 1.89. The molecule has 38 heavy (non-hydrogen) atoms. The SMILES string of the molecule is COc1ccc(CN(C(=O)CNC(=O)c2ccco2)C(C(=O)NCc2ccco2)c2ccc(C)cc2)cc1. The van der Waals surface area contributed by atoms with E-state index < -0.39 is 17.9 Å². The fourth-order valence-electron chi connectivity index (χ4n) is 3.91. The van der Waals surface area contributed by atoms with E-state index in [4.69, 9.17) is 13.6 Å². The fraction of sp³-hybridized carbons (Fsp3) is 0.207. The third kappa shape index (κ3) is 6.70. The molecular weight excluding hydrogens is 486 g/mol. The van der Waals surface area contributed by atoms with E-state index in [1.807, 2.05) is 43.3 Å². The van der Waals surface area contributed by atoms with Gasteiger partial charge in [0.1, 0.15) is 17.6 Å². The minimum Gasteiger partial charge on any atom is -0.497 e. The Balaban J connectivity index is 1.63. The van der Waals surface area contributed by atoms with Crippen LogP contribution in [0.3, 0.4) is 0 Å². The molecule has 2 N–H and O–H groups in total. The van der Waals surface area contributed by atoms with Crippen LogP contribution in [0.2, 0.25) is 0 Å². The third-order valence-corrected chi connectivity index (χ3v) is 5.95. The number of hydrogen-bond acceptors (Lipinski definition) is 6. The van der Waals surface area contributed by atoms with Crippen molar-refractivity contribution >= 4 is 17.7 Å². The normalized spacial score (nSPS) is 11.4. The van der Waals surface area contributed by atoms with E-state index >= 15 is 0 Å². The number of hydrogen-bond donors (Lipinski definition) is 2. The molecule has 0 saturated heterocycles. The highest BCUT2D eigenvalue weighted by Gasteiger charge is 2.32. The van der Waals surface area contributed by atoms with Crippen molar-refractivity contribution in [2.24, 2.45) is 0 Å². The second-order valence-corrected chi connectivity index (χ2v) is 8.64. The first kappa shape index (κ1) is 26.3. The largest absolute Gasteiger partial charge is 0.497 e. The molecule has 196 valence electrons. The highest BCUT2D eigenvalue weighted by atomic mass is 16.5. The van der Waals surface area contributed by atoms with Gasteiger partial charge in [-0.2, -0.15) is 0 Å². The molecule has 0 saturated carbocycles. The maximum absolute atomic E-state index is 13.6. The van der Waals surface area contributed by atoms with Crippen molar-refractivity contribution in [3.8, 4) is 5.75 Å². The van der Waals surface area contributed by atoms with Gasteiger partial charge in [0.15, 0.2) is 5.76 Å². The molecule has 0 fully saturated rings. The number of furan rings is 2. The first-order valence-electron chi connectivity index (χ1n) is 12.1. The van der Waals surface area contributed by atoms with Crippen LogP contribution >= 0.6 is 0 Å². The summed E-state index contributed by atoms with van der Waals surface area (Å²) >= 11 is 0. The highest BCUT2D eigenvalue weighted by molar-refractivity contribution is 5.95. The van der Waals surface area contributed by atoms with Crippen molar-refractivity contribution in [2.45, 2.75) is 26.1 Å². The Morgan fingerprint density at radius 3 is 2.24 bits per heavy atom. The number of carbonyl (C=O) groups is 3. The van der Waals surface area contributed by atoms with Crippen molar-refractivity contribution in [1.29, 1.82) is 0 Å². The molecular formula is C29H29N3O6. The van der Waals surface area contributed by atoms with Gasteiger partial charge in [-0.05, 0) is 54.4 Å². The maximum Gasteiger partial charge on any atom is 0.287 e. The van der Waals surface area contributed by atoms with Crippen molar-refractivity contribution < 1.29 is 28.0 Å². The van der Waals surface area contributed by atoms with E-state index in [2.05, 4.69) is 10.6 Å². The average Bonchev–Trinajstić information content (AvgIpc) is 3.66. The second kappa shape index (κ2) is 12.4. The monoisotopic (exact) mass is 515 g/mol. The van der Waals surface area contributed by atoms with Gasteiger partial charge in [0.05, 0.1) is 32.7 Å². The number of amides is 3. The van der Waals surface area contributed by atoms with Gasteiger partial charge in [-0.1, -0.05) is 42.0 Å². The van der Waals surface area contributed by atoms with E-state index in [1.54, 1.807) is 37.4 Å². The average molecular weight is 516 g/mol. The number of benzene rings is 2. The molecule has 9 heteroatoms. The highest BCUT2D eigenvalue weighted by Crippen LogP contribution is 2.25. The Morgan fingerprint density at radius 2 is 1.61 bits per heavy atom. The van der Waals surface area contributed by atoms with E-state index in [-0.39, 0.29) is 31.3 Å². The van der Waals surface area contributed by atoms with Gasteiger partial charge in [-0.25, -0.2) is 0 Å². The number of rotatable bonds is 11. The van der Waals surface area contributed by atoms with E-state index in [0.717, 1.165) is 11.1 Å². The van der Waals surface area contributed by atoms with E-state index in [9.17, 15) is 14.4 Å². The molecule has 2 aromatic carbocycles. The smallest absolute Gasteiger partial charge is 0.287 e. The minimum atomic E-state index is -0.972. The quantitative estimate of drug-likeness (QED) is 0.312. The lowest BCUT2D eigenvalue weighted by molar-refractivity contribution is -0.141. The minimum absolute atomic E-state index is 0.0887. The number of methoxy groups -OCH3 is 1. The van der Waals surface area contributed by atoms with Gasteiger partial charge >= 0.3 is 0 Å². The number of carbonyl (C=O) groups excluding carboxylic acids is 3. The van der Waals surface area contributed by atoms with Gasteiger partial charge in [0, 0.05) is 6.54 Å². The molecule has 2 aromatic heterocycles. The lowest BCUT2D eigenvalue weighted by Gasteiger charge is -2.32. The van der Waals surface area contributed by atoms with Gasteiger partial charge in [-0.15, -0.1) is 0 Å². The number of nitrogens with one attached hydrogen (secondary N) is 2. The van der Waals surface area contributed by atoms with Gasteiger partial charge in [-0.3, -0.25) is 14.4 Å². The Kier molecular flexibility index (Phi) is 8.61. The van der Waals surface area contributed by atoms with Crippen molar-refractivity contribution in [1.82, 2.24) is 15.5 Å². The summed E-state index contributed by atoms with van der Waals surface area (Å²) in [5, 5.41) is 5.46. The third-order valence-electron chi connectivity index (χ3n) is 5.95. The van der Waals surface area contributed by atoms with Gasteiger partial charge < -0.3 is 29.1 Å². The van der Waals surface area contributed by atoms with Crippen LogP contribution in [0.5, 0.6) is 5.75 Å². The molecule has 2 heterocycles. The van der Waals surface area contributed by atoms with Crippen LogP contribution in [-0.4, -0.2) is 36.3 Å². The van der Waals surface area contributed by atoms with Crippen molar-refractivity contribution in [2.75, 3.05) is 13.7 Å². The predicted octanol–water partition coefficient (Wildman–Crippen LogP) is 4.01. The molecule has 0 radical (unpaired) electrons. The van der Waals surface area contributed by atoms with Crippen LogP contribution in [0.25, 0.3) is 0 Å². The molecule has 0 aliphatic rings. The molecule has 0 spiro atoms. The topological polar surface area (TPSA) is 114 Å². The maximum atomic E-state index is 13.6. The summed E-state index contributed by atoms with van der Waals surface area (Å²) in [5.74, 6) is -0.0139. The molecule has 4 rings (SSSR count). The Labute approximate surface area is 220 Å². The molecule has 1 unspecified atom stereocenters. The van der Waals surface area contributed by atoms with Gasteiger partial charge in [0.25, 0.3) is 5.91 Å². The Morgan fingerprint density at radius 1 is 0.895 bits per heavy atom. The fourth-order valence-corrected chi connectivity index (χ4v) is 3.91. The molecule has 0 aliphatic carbocycles. The number of ether oxygens (including phenoxy) is 1. The van der Waals surface area contributed by atoms with Crippen LogP contribution in [0.4, 0.5) is 0 Å². The summed E-state index contributed by atoms with van der Waals surface area (Å²) in [6, 6.07) is 20.3. The summed E-state index contributed by atoms with van der Waals surface area (Å²) in [5.41, 5.74) is 2.43. The standard InChI is InChI=1S/C29H29N3O6/c1-20-7-11-22(12-8-20)27(29(35)30-17-24-5-3-15-37-24)32(19-21-9-13-23(36-2)14-10-21)26(33)18-31-28(34)25-6-4-16-38-25/h3-16,27H,17-19H2,1-2H3,(H,30,35)(H,31,34). The molecule has 1 atom stereocenters. The van der Waals surface area contributed by atoms with E-state index in [1.165, 1.54) is 23.5 Å². The van der Waals surface area contributed by atoms with Crippen LogP contribution in [-0.2, 0) is 22.7 Å². The first-order chi connectivity index (χ1) is 18.4. The van der Waals surface area contributed by atoms with Crippen molar-refractivity contribution in [3.05, 3.63) is 114 Å². The lowest BCUT2D eigenvalue weighted by Crippen LogP contribution is -2.46. The first-order valence-corrected chi connectivity index (χ1v) is 12.1. The summed E-state index contributed by atoms with van der Waals surface area (Å²) in [6.07, 6.45) is 2.91. The molecule has 0 bridgehead atoms. The van der Waals surface area contributed by atoms with Gasteiger partial charge in [0.2, 0.25) is 11.8 Å². The summed E-state index contributed by atoms with van der Waals surface area (Å²) < 4.78 is 15.7. The summed E-state index contributed by atoms with van der Waals surface area (Å²) in [4.78, 5) is 41.1. The lowest BCUT2D eigenvalue weighted by atomic mass is 10.0. The molecule has 4 aromatic rings. The zero-order chi connectivity index (χ0) is 26.9. The second-order valence-electron chi connectivity index (χ2n) is 8.64. The van der Waals surface area contributed by atoms with Crippen LogP contribution in [0.15, 0.2) is 94.2 Å². The Bertz CT molecular complexity index is 1330. The number of nitrogens with zero attached hydrogens (tertiary/aromatic N) is 1. The molecule has 0 aliphatic heterocycles. The Hall–Kier alpha value is -4.79. The van der Waals surface area contributed by atoms with Crippen LogP contribution in [0, 0.1) is 6.92 Å². The zero-order valence-corrected chi connectivity index (χ0v) is 21.2. The van der Waals surface area contributed by atoms with Crippen molar-refractivity contribution in [3.63, 3.8) is 0 Å².